The molecule has 0 aliphatic heterocycles. The molecule has 2 nitrogen and oxygen atoms in total. The minimum atomic E-state index is 0.860. The van der Waals surface area contributed by atoms with Crippen LogP contribution in [0.15, 0.2) is 18.2 Å². The number of fused-ring (bicyclic) bond motifs is 1. The normalized spacial score (nSPS) is 10.6. The van der Waals surface area contributed by atoms with Gasteiger partial charge in [0.05, 0.1) is 4.51 Å². The molecule has 66 valence electrons. The van der Waals surface area contributed by atoms with E-state index in [4.69, 9.17) is 12.2 Å². The van der Waals surface area contributed by atoms with Crippen LogP contribution in [-0.4, -0.2) is 9.97 Å². The van der Waals surface area contributed by atoms with Crippen molar-refractivity contribution in [2.45, 2.75) is 13.8 Å². The molecule has 0 amide bonds. The molecule has 2 aromatic heterocycles. The van der Waals surface area contributed by atoms with Gasteiger partial charge in [0, 0.05) is 16.8 Å². The summed E-state index contributed by atoms with van der Waals surface area (Å²) in [7, 11) is 0. The first-order valence-corrected chi connectivity index (χ1v) is 4.55. The van der Waals surface area contributed by atoms with E-state index < -0.39 is 0 Å². The number of aryl methyl sites for hydroxylation is 2. The summed E-state index contributed by atoms with van der Waals surface area (Å²) < 4.78 is 0.860. The number of pyridine rings is 2. The lowest BCUT2D eigenvalue weighted by atomic mass is 10.2. The van der Waals surface area contributed by atoms with Crippen molar-refractivity contribution in [3.63, 3.8) is 0 Å². The first-order valence-electron chi connectivity index (χ1n) is 4.14. The molecule has 2 aromatic rings. The smallest absolute Gasteiger partial charge is 0.139 e. The Balaban J connectivity index is 2.95. The van der Waals surface area contributed by atoms with E-state index in [-0.39, 0.29) is 0 Å². The van der Waals surface area contributed by atoms with Crippen LogP contribution in [-0.2, 0) is 0 Å². The van der Waals surface area contributed by atoms with Crippen molar-refractivity contribution in [2.24, 2.45) is 0 Å². The topological polar surface area (TPSA) is 28.7 Å². The average Bonchev–Trinajstić information content (AvgIpc) is 2.02. The van der Waals surface area contributed by atoms with Gasteiger partial charge in [-0.25, -0.2) is 4.98 Å². The van der Waals surface area contributed by atoms with Crippen molar-refractivity contribution in [1.29, 1.82) is 0 Å². The van der Waals surface area contributed by atoms with E-state index in [9.17, 15) is 0 Å². The number of hydrogen-bond acceptors (Lipinski definition) is 2. The third-order valence-corrected chi connectivity index (χ3v) is 2.30. The molecule has 0 bridgehead atoms. The third kappa shape index (κ3) is 1.47. The van der Waals surface area contributed by atoms with E-state index in [0.717, 1.165) is 26.9 Å². The Labute approximate surface area is 81.6 Å². The molecule has 1 N–H and O–H groups in total. The highest BCUT2D eigenvalue weighted by Gasteiger charge is 1.97. The van der Waals surface area contributed by atoms with Crippen LogP contribution in [0.5, 0.6) is 0 Å². The maximum Gasteiger partial charge on any atom is 0.139 e. The highest BCUT2D eigenvalue weighted by atomic mass is 32.1. The Morgan fingerprint density at radius 1 is 1.31 bits per heavy atom. The summed E-state index contributed by atoms with van der Waals surface area (Å²) in [5, 5.41) is 1.02. The van der Waals surface area contributed by atoms with Gasteiger partial charge in [0.1, 0.15) is 5.65 Å². The van der Waals surface area contributed by atoms with Crippen LogP contribution in [0.3, 0.4) is 0 Å². The fourth-order valence-corrected chi connectivity index (χ4v) is 1.69. The number of H-pyrrole nitrogens is 1. The maximum absolute atomic E-state index is 5.22. The lowest BCUT2D eigenvalue weighted by molar-refractivity contribution is 1.16. The van der Waals surface area contributed by atoms with Gasteiger partial charge in [0.15, 0.2) is 0 Å². The van der Waals surface area contributed by atoms with Gasteiger partial charge in [-0.2, -0.15) is 0 Å². The molecule has 0 saturated carbocycles. The minimum Gasteiger partial charge on any atom is -0.343 e. The second-order valence-electron chi connectivity index (χ2n) is 3.17. The van der Waals surface area contributed by atoms with Crippen molar-refractivity contribution < 1.29 is 0 Å². The molecule has 2 rings (SSSR count). The Kier molecular flexibility index (Phi) is 1.88. The molecule has 0 aromatic carbocycles. The summed E-state index contributed by atoms with van der Waals surface area (Å²) in [6.45, 7) is 3.96. The predicted octanol–water partition coefficient (Wildman–Crippen LogP) is 2.91. The predicted molar refractivity (Wildman–Crippen MR) is 56.4 cm³/mol. The lowest BCUT2D eigenvalue weighted by Crippen LogP contribution is -1.89. The molecule has 2 heterocycles. The number of rotatable bonds is 0. The number of hydrogen-bond donors (Lipinski definition) is 1. The molecular weight excluding hydrogens is 180 g/mol. The highest BCUT2D eigenvalue weighted by Crippen LogP contribution is 2.12. The van der Waals surface area contributed by atoms with E-state index in [1.54, 1.807) is 0 Å². The van der Waals surface area contributed by atoms with Crippen molar-refractivity contribution >= 4 is 23.3 Å². The van der Waals surface area contributed by atoms with Gasteiger partial charge in [-0.3, -0.25) is 0 Å². The molecule has 3 heteroatoms. The van der Waals surface area contributed by atoms with Crippen LogP contribution in [0.2, 0.25) is 0 Å². The fourth-order valence-electron chi connectivity index (χ4n) is 1.35. The summed E-state index contributed by atoms with van der Waals surface area (Å²) in [5.74, 6) is 0. The number of aromatic amines is 1. The van der Waals surface area contributed by atoms with E-state index >= 15 is 0 Å². The molecule has 0 aliphatic rings. The first-order chi connectivity index (χ1) is 6.16. The molecular formula is C10H10N2S. The SMILES string of the molecule is Cc1ccc2c(=S)cc(C)[nH]c2n1. The van der Waals surface area contributed by atoms with Gasteiger partial charge in [-0.05, 0) is 32.0 Å². The Hall–Kier alpha value is -1.22. The average molecular weight is 190 g/mol. The third-order valence-electron chi connectivity index (χ3n) is 1.96. The van der Waals surface area contributed by atoms with Gasteiger partial charge >= 0.3 is 0 Å². The molecule has 0 radical (unpaired) electrons. The second kappa shape index (κ2) is 2.92. The molecule has 0 unspecified atom stereocenters. The van der Waals surface area contributed by atoms with Crippen molar-refractivity contribution in [2.75, 3.05) is 0 Å². The second-order valence-corrected chi connectivity index (χ2v) is 3.61. The highest BCUT2D eigenvalue weighted by molar-refractivity contribution is 7.71. The molecule has 0 saturated heterocycles. The fraction of sp³-hybridized carbons (Fsp3) is 0.200. The summed E-state index contributed by atoms with van der Waals surface area (Å²) in [4.78, 5) is 7.57. The van der Waals surface area contributed by atoms with Crippen LogP contribution >= 0.6 is 12.2 Å². The zero-order valence-corrected chi connectivity index (χ0v) is 8.40. The Morgan fingerprint density at radius 2 is 2.08 bits per heavy atom. The quantitative estimate of drug-likeness (QED) is 0.647. The van der Waals surface area contributed by atoms with Crippen LogP contribution in [0.25, 0.3) is 11.0 Å². The van der Waals surface area contributed by atoms with Gasteiger partial charge < -0.3 is 4.98 Å². The zero-order chi connectivity index (χ0) is 9.42. The maximum atomic E-state index is 5.22. The zero-order valence-electron chi connectivity index (χ0n) is 7.59. The number of aromatic nitrogens is 2. The summed E-state index contributed by atoms with van der Waals surface area (Å²) >= 11 is 5.22. The van der Waals surface area contributed by atoms with Crippen molar-refractivity contribution in [3.05, 3.63) is 34.1 Å². The van der Waals surface area contributed by atoms with E-state index in [1.807, 2.05) is 32.0 Å². The Morgan fingerprint density at radius 3 is 2.85 bits per heavy atom. The Bertz CT molecular complexity index is 509. The van der Waals surface area contributed by atoms with E-state index in [2.05, 4.69) is 9.97 Å². The van der Waals surface area contributed by atoms with E-state index in [1.165, 1.54) is 0 Å². The van der Waals surface area contributed by atoms with Gasteiger partial charge in [0.2, 0.25) is 0 Å². The van der Waals surface area contributed by atoms with Crippen LogP contribution in [0, 0.1) is 18.4 Å². The van der Waals surface area contributed by atoms with Crippen molar-refractivity contribution in [3.8, 4) is 0 Å². The van der Waals surface area contributed by atoms with Crippen LogP contribution in [0.1, 0.15) is 11.4 Å². The van der Waals surface area contributed by atoms with Gasteiger partial charge in [0.25, 0.3) is 0 Å². The van der Waals surface area contributed by atoms with Crippen LogP contribution < -0.4 is 0 Å². The molecule has 13 heavy (non-hydrogen) atoms. The summed E-state index contributed by atoms with van der Waals surface area (Å²) in [6, 6.07) is 5.94. The monoisotopic (exact) mass is 190 g/mol. The minimum absolute atomic E-state index is 0.860. The summed E-state index contributed by atoms with van der Waals surface area (Å²) in [6.07, 6.45) is 0. The standard InChI is InChI=1S/C10H10N2S/c1-6-3-4-8-9(13)5-7(2)12-10(8)11-6/h3-5H,1-2H3,(H,11,12,13). The molecule has 0 aliphatic carbocycles. The number of nitrogens with zero attached hydrogens (tertiary/aromatic N) is 1. The largest absolute Gasteiger partial charge is 0.343 e. The molecule has 0 fully saturated rings. The van der Waals surface area contributed by atoms with E-state index in [0.29, 0.717) is 0 Å². The molecule has 0 spiro atoms. The van der Waals surface area contributed by atoms with Gasteiger partial charge in [-0.1, -0.05) is 12.2 Å². The van der Waals surface area contributed by atoms with Crippen LogP contribution in [0.4, 0.5) is 0 Å². The van der Waals surface area contributed by atoms with Crippen molar-refractivity contribution in [1.82, 2.24) is 9.97 Å². The first kappa shape index (κ1) is 8.38. The number of nitrogens with one attached hydrogen (secondary N) is 1. The lowest BCUT2D eigenvalue weighted by Gasteiger charge is -2.00. The molecule has 0 atom stereocenters. The summed E-state index contributed by atoms with van der Waals surface area (Å²) in [5.41, 5.74) is 2.93. The van der Waals surface area contributed by atoms with Gasteiger partial charge in [-0.15, -0.1) is 0 Å².